The summed E-state index contributed by atoms with van der Waals surface area (Å²) in [5.41, 5.74) is 0.260. The maximum atomic E-state index is 12.0. The molecule has 3 unspecified atom stereocenters. The van der Waals surface area contributed by atoms with Crippen molar-refractivity contribution in [2.75, 3.05) is 13.1 Å². The topological polar surface area (TPSA) is 41.1 Å². The molecule has 0 aromatic rings. The highest BCUT2D eigenvalue weighted by atomic mass is 19.4. The zero-order chi connectivity index (χ0) is 15.2. The maximum absolute atomic E-state index is 12.0. The van der Waals surface area contributed by atoms with Crippen LogP contribution in [0.1, 0.15) is 40.0 Å². The molecule has 2 rings (SSSR count). The fourth-order valence-corrected chi connectivity index (χ4v) is 4.27. The lowest BCUT2D eigenvalue weighted by Crippen LogP contribution is -2.53. The van der Waals surface area contributed by atoms with Crippen LogP contribution in [0.25, 0.3) is 0 Å². The van der Waals surface area contributed by atoms with Crippen molar-refractivity contribution in [3.05, 3.63) is 0 Å². The van der Waals surface area contributed by atoms with Gasteiger partial charge in [0.2, 0.25) is 5.91 Å². The highest BCUT2D eigenvalue weighted by Gasteiger charge is 2.58. The summed E-state index contributed by atoms with van der Waals surface area (Å²) in [7, 11) is 0. The summed E-state index contributed by atoms with van der Waals surface area (Å²) in [6.07, 6.45) is -0.875. The maximum Gasteiger partial charge on any atom is 0.405 e. The summed E-state index contributed by atoms with van der Waals surface area (Å²) < 4.78 is 36.1. The van der Waals surface area contributed by atoms with Gasteiger partial charge in [0, 0.05) is 6.04 Å². The minimum atomic E-state index is -4.35. The Labute approximate surface area is 117 Å². The highest BCUT2D eigenvalue weighted by molar-refractivity contribution is 5.78. The van der Waals surface area contributed by atoms with E-state index in [0.717, 1.165) is 12.8 Å². The number of carbonyl (C=O) groups is 1. The van der Waals surface area contributed by atoms with Gasteiger partial charge >= 0.3 is 6.18 Å². The van der Waals surface area contributed by atoms with Crippen LogP contribution in [-0.2, 0) is 4.79 Å². The van der Waals surface area contributed by atoms with Crippen molar-refractivity contribution in [2.45, 2.75) is 52.3 Å². The molecule has 2 aliphatic rings. The number of rotatable bonds is 4. The molecule has 2 fully saturated rings. The smallest absolute Gasteiger partial charge is 0.346 e. The Morgan fingerprint density at radius 1 is 1.30 bits per heavy atom. The lowest BCUT2D eigenvalue weighted by molar-refractivity contribution is -0.138. The molecule has 1 amide bonds. The number of alkyl halides is 3. The van der Waals surface area contributed by atoms with Crippen molar-refractivity contribution in [3.8, 4) is 0 Å². The second kappa shape index (κ2) is 4.90. The average Bonchev–Trinajstić information content (AvgIpc) is 2.76. The van der Waals surface area contributed by atoms with Gasteiger partial charge in [0.05, 0.1) is 6.54 Å². The minimum absolute atomic E-state index is 0.0491. The van der Waals surface area contributed by atoms with E-state index in [1.165, 1.54) is 6.42 Å². The Bertz CT molecular complexity index is 390. The molecule has 2 N–H and O–H groups in total. The van der Waals surface area contributed by atoms with Crippen LogP contribution in [0.4, 0.5) is 13.2 Å². The molecule has 0 radical (unpaired) electrons. The number of fused-ring (bicyclic) bond motifs is 2. The predicted octanol–water partition coefficient (Wildman–Crippen LogP) is 2.47. The molecule has 0 heterocycles. The first kappa shape index (κ1) is 15.6. The lowest BCUT2D eigenvalue weighted by atomic mass is 9.68. The molecule has 116 valence electrons. The molecule has 3 nitrogen and oxygen atoms in total. The second-order valence-electron chi connectivity index (χ2n) is 7.12. The molecule has 20 heavy (non-hydrogen) atoms. The monoisotopic (exact) mass is 292 g/mol. The molecule has 0 aliphatic heterocycles. The van der Waals surface area contributed by atoms with Gasteiger partial charge in [-0.05, 0) is 36.0 Å². The van der Waals surface area contributed by atoms with E-state index in [-0.39, 0.29) is 23.4 Å². The molecule has 0 saturated heterocycles. The Hall–Kier alpha value is -0.780. The van der Waals surface area contributed by atoms with Gasteiger partial charge in [0.25, 0.3) is 0 Å². The standard InChI is InChI=1S/C14H23F3N2O/c1-12(2)9-4-5-13(3,6-9)11(12)18-7-10(20)19-8-14(15,16)17/h9,11,18H,4-8H2,1-3H3,(H,19,20). The fraction of sp³-hybridized carbons (Fsp3) is 0.929. The summed E-state index contributed by atoms with van der Waals surface area (Å²) in [5, 5.41) is 5.10. The van der Waals surface area contributed by atoms with Crippen LogP contribution in [0.2, 0.25) is 0 Å². The molecule has 6 heteroatoms. The van der Waals surface area contributed by atoms with E-state index in [9.17, 15) is 18.0 Å². The molecular weight excluding hydrogens is 269 g/mol. The summed E-state index contributed by atoms with van der Waals surface area (Å²) in [5.74, 6) is 0.0488. The molecule has 0 spiro atoms. The van der Waals surface area contributed by atoms with E-state index in [1.54, 1.807) is 0 Å². The van der Waals surface area contributed by atoms with Crippen LogP contribution in [0, 0.1) is 16.7 Å². The van der Waals surface area contributed by atoms with Crippen molar-refractivity contribution in [1.82, 2.24) is 10.6 Å². The lowest BCUT2D eigenvalue weighted by Gasteiger charge is -2.43. The molecule has 2 saturated carbocycles. The van der Waals surface area contributed by atoms with Crippen LogP contribution >= 0.6 is 0 Å². The predicted molar refractivity (Wildman–Crippen MR) is 70.1 cm³/mol. The largest absolute Gasteiger partial charge is 0.405 e. The zero-order valence-corrected chi connectivity index (χ0v) is 12.2. The first-order valence-corrected chi connectivity index (χ1v) is 7.11. The number of hydrogen-bond donors (Lipinski definition) is 2. The molecular formula is C14H23F3N2O. The second-order valence-corrected chi connectivity index (χ2v) is 7.12. The van der Waals surface area contributed by atoms with E-state index in [2.05, 4.69) is 26.1 Å². The highest BCUT2D eigenvalue weighted by Crippen LogP contribution is 2.62. The summed E-state index contributed by atoms with van der Waals surface area (Å²) in [4.78, 5) is 11.5. The third kappa shape index (κ3) is 2.95. The minimum Gasteiger partial charge on any atom is -0.346 e. The van der Waals surface area contributed by atoms with Gasteiger partial charge in [-0.25, -0.2) is 0 Å². The third-order valence-electron chi connectivity index (χ3n) is 5.22. The van der Waals surface area contributed by atoms with Crippen LogP contribution < -0.4 is 10.6 Å². The van der Waals surface area contributed by atoms with Crippen LogP contribution in [0.15, 0.2) is 0 Å². The summed E-state index contributed by atoms with van der Waals surface area (Å²) in [6, 6.07) is 0.186. The fourth-order valence-electron chi connectivity index (χ4n) is 4.27. The van der Waals surface area contributed by atoms with Crippen molar-refractivity contribution in [2.24, 2.45) is 16.7 Å². The van der Waals surface area contributed by atoms with E-state index >= 15 is 0 Å². The van der Waals surface area contributed by atoms with Crippen LogP contribution in [-0.4, -0.2) is 31.2 Å². The molecule has 3 atom stereocenters. The Morgan fingerprint density at radius 3 is 2.45 bits per heavy atom. The average molecular weight is 292 g/mol. The Kier molecular flexibility index (Phi) is 3.82. The van der Waals surface area contributed by atoms with Crippen molar-refractivity contribution < 1.29 is 18.0 Å². The van der Waals surface area contributed by atoms with Crippen LogP contribution in [0.5, 0.6) is 0 Å². The Balaban J connectivity index is 1.86. The number of hydrogen-bond acceptors (Lipinski definition) is 2. The van der Waals surface area contributed by atoms with Gasteiger partial charge in [-0.3, -0.25) is 4.79 Å². The van der Waals surface area contributed by atoms with Crippen LogP contribution in [0.3, 0.4) is 0 Å². The number of nitrogens with one attached hydrogen (secondary N) is 2. The first-order chi connectivity index (χ1) is 9.05. The van der Waals surface area contributed by atoms with Gasteiger partial charge < -0.3 is 10.6 Å². The normalized spacial score (nSPS) is 35.3. The van der Waals surface area contributed by atoms with Crippen molar-refractivity contribution in [1.29, 1.82) is 0 Å². The van der Waals surface area contributed by atoms with Gasteiger partial charge in [-0.2, -0.15) is 13.2 Å². The van der Waals surface area contributed by atoms with Gasteiger partial charge in [-0.15, -0.1) is 0 Å². The van der Waals surface area contributed by atoms with Crippen molar-refractivity contribution >= 4 is 5.91 Å². The van der Waals surface area contributed by atoms with Gasteiger partial charge in [0.1, 0.15) is 6.54 Å². The van der Waals surface area contributed by atoms with E-state index in [1.807, 2.05) is 5.32 Å². The first-order valence-electron chi connectivity index (χ1n) is 7.11. The molecule has 2 aliphatic carbocycles. The Morgan fingerprint density at radius 2 is 1.95 bits per heavy atom. The van der Waals surface area contributed by atoms with E-state index in [4.69, 9.17) is 0 Å². The summed E-state index contributed by atoms with van der Waals surface area (Å²) in [6.45, 7) is 5.28. The quantitative estimate of drug-likeness (QED) is 0.836. The zero-order valence-electron chi connectivity index (χ0n) is 12.2. The SMILES string of the molecule is CC12CCC(C1)C(C)(C)C2NCC(=O)NCC(F)(F)F. The number of carbonyl (C=O) groups excluding carboxylic acids is 1. The van der Waals surface area contributed by atoms with Gasteiger partial charge in [0.15, 0.2) is 0 Å². The number of amides is 1. The van der Waals surface area contributed by atoms with E-state index < -0.39 is 18.6 Å². The van der Waals surface area contributed by atoms with E-state index in [0.29, 0.717) is 5.92 Å². The number of halogens is 3. The summed E-state index contributed by atoms with van der Waals surface area (Å²) >= 11 is 0. The molecule has 0 aromatic carbocycles. The molecule has 0 aromatic heterocycles. The van der Waals surface area contributed by atoms with Crippen molar-refractivity contribution in [3.63, 3.8) is 0 Å². The van der Waals surface area contributed by atoms with Gasteiger partial charge in [-0.1, -0.05) is 20.8 Å². The third-order valence-corrected chi connectivity index (χ3v) is 5.22. The molecule has 2 bridgehead atoms.